The van der Waals surface area contributed by atoms with Gasteiger partial charge in [0, 0.05) is 12.7 Å². The Kier molecular flexibility index (Phi) is 8.00. The van der Waals surface area contributed by atoms with Crippen molar-refractivity contribution in [2.75, 3.05) is 25.0 Å². The van der Waals surface area contributed by atoms with Crippen molar-refractivity contribution in [2.24, 2.45) is 5.73 Å². The predicted molar refractivity (Wildman–Crippen MR) is 86.1 cm³/mol. The number of anilines is 1. The molecule has 120 valence electrons. The van der Waals surface area contributed by atoms with E-state index in [2.05, 4.69) is 36.1 Å². The van der Waals surface area contributed by atoms with E-state index in [4.69, 9.17) is 5.73 Å². The second-order valence-corrected chi connectivity index (χ2v) is 5.26. The third-order valence-corrected chi connectivity index (χ3v) is 3.65. The molecule has 1 atom stereocenters. The van der Waals surface area contributed by atoms with Gasteiger partial charge in [-0.2, -0.15) is 5.10 Å². The zero-order valence-corrected chi connectivity index (χ0v) is 13.5. The Bertz CT molecular complexity index is 414. The molecule has 1 amide bonds. The molecule has 0 unspecified atom stereocenters. The number of hydrogen-bond acceptors (Lipinski definition) is 4. The number of likely N-dealkylation sites (N-methyl/N-ethyl adjacent to an activating group) is 1. The van der Waals surface area contributed by atoms with Crippen LogP contribution in [0.25, 0.3) is 0 Å². The van der Waals surface area contributed by atoms with Crippen LogP contribution in [-0.4, -0.2) is 46.3 Å². The summed E-state index contributed by atoms with van der Waals surface area (Å²) in [5, 5.41) is 7.09. The third kappa shape index (κ3) is 6.27. The van der Waals surface area contributed by atoms with E-state index in [0.717, 1.165) is 45.4 Å². The van der Waals surface area contributed by atoms with Gasteiger partial charge in [0.15, 0.2) is 0 Å². The highest BCUT2D eigenvalue weighted by Gasteiger charge is 2.13. The van der Waals surface area contributed by atoms with Crippen molar-refractivity contribution in [1.82, 2.24) is 14.7 Å². The van der Waals surface area contributed by atoms with E-state index in [9.17, 15) is 4.79 Å². The summed E-state index contributed by atoms with van der Waals surface area (Å²) in [5.74, 6) is -0.133. The van der Waals surface area contributed by atoms with E-state index in [-0.39, 0.29) is 5.91 Å². The van der Waals surface area contributed by atoms with Gasteiger partial charge in [0.2, 0.25) is 5.91 Å². The first kappa shape index (κ1) is 17.7. The Morgan fingerprint density at radius 3 is 2.76 bits per heavy atom. The fraction of sp³-hybridized carbons (Fsp3) is 0.733. The monoisotopic (exact) mass is 295 g/mol. The summed E-state index contributed by atoms with van der Waals surface area (Å²) in [4.78, 5) is 14.2. The van der Waals surface area contributed by atoms with Crippen LogP contribution in [0.2, 0.25) is 0 Å². The summed E-state index contributed by atoms with van der Waals surface area (Å²) in [6.07, 6.45) is 6.26. The fourth-order valence-electron chi connectivity index (χ4n) is 2.12. The molecular weight excluding hydrogens is 266 g/mol. The Balaban J connectivity index is 2.42. The smallest absolute Gasteiger partial charge is 0.241 e. The molecule has 0 spiro atoms. The highest BCUT2D eigenvalue weighted by Crippen LogP contribution is 2.07. The number of unbranched alkanes of at least 4 members (excludes halogenated alkanes) is 1. The van der Waals surface area contributed by atoms with Crippen LogP contribution in [0.15, 0.2) is 12.4 Å². The largest absolute Gasteiger partial charge is 0.322 e. The minimum absolute atomic E-state index is 0.133. The normalized spacial score (nSPS) is 12.6. The van der Waals surface area contributed by atoms with Gasteiger partial charge < -0.3 is 16.0 Å². The molecule has 0 radical (unpaired) electrons. The molecule has 1 aromatic heterocycles. The summed E-state index contributed by atoms with van der Waals surface area (Å²) in [7, 11) is 0. The number of amides is 1. The molecule has 0 saturated carbocycles. The predicted octanol–water partition coefficient (Wildman–Crippen LogP) is 1.68. The van der Waals surface area contributed by atoms with Gasteiger partial charge in [-0.1, -0.05) is 33.6 Å². The lowest BCUT2D eigenvalue weighted by Gasteiger charge is -2.17. The van der Waals surface area contributed by atoms with Crippen molar-refractivity contribution in [2.45, 2.75) is 52.6 Å². The van der Waals surface area contributed by atoms with Gasteiger partial charge >= 0.3 is 0 Å². The van der Waals surface area contributed by atoms with E-state index in [1.807, 2.05) is 10.9 Å². The molecule has 0 aliphatic heterocycles. The number of carbonyl (C=O) groups excluding carboxylic acids is 1. The summed E-state index contributed by atoms with van der Waals surface area (Å²) in [5.41, 5.74) is 6.56. The first-order valence-corrected chi connectivity index (χ1v) is 7.91. The topological polar surface area (TPSA) is 76.2 Å². The second kappa shape index (κ2) is 9.52. The molecule has 1 aromatic rings. The minimum atomic E-state index is -0.441. The molecular formula is C15H29N5O. The van der Waals surface area contributed by atoms with Crippen molar-refractivity contribution < 1.29 is 4.79 Å². The number of hydrogen-bond donors (Lipinski definition) is 2. The maximum Gasteiger partial charge on any atom is 0.241 e. The van der Waals surface area contributed by atoms with Crippen LogP contribution in [0.1, 0.15) is 40.0 Å². The van der Waals surface area contributed by atoms with Gasteiger partial charge in [0.05, 0.1) is 24.5 Å². The van der Waals surface area contributed by atoms with Crippen molar-refractivity contribution in [3.05, 3.63) is 12.4 Å². The lowest BCUT2D eigenvalue weighted by molar-refractivity contribution is -0.117. The summed E-state index contributed by atoms with van der Waals surface area (Å²) < 4.78 is 1.85. The molecule has 0 bridgehead atoms. The molecule has 1 rings (SSSR count). The van der Waals surface area contributed by atoms with Crippen LogP contribution in [0.5, 0.6) is 0 Å². The fourth-order valence-corrected chi connectivity index (χ4v) is 2.12. The summed E-state index contributed by atoms with van der Waals surface area (Å²) in [6, 6.07) is -0.441. The molecule has 6 heteroatoms. The van der Waals surface area contributed by atoms with E-state index >= 15 is 0 Å². The van der Waals surface area contributed by atoms with Gasteiger partial charge in [-0.05, 0) is 19.5 Å². The highest BCUT2D eigenvalue weighted by atomic mass is 16.2. The quantitative estimate of drug-likeness (QED) is 0.688. The maximum atomic E-state index is 11.9. The number of rotatable bonds is 10. The standard InChI is InChI=1S/C15H29N5O/c1-4-7-8-14(16)15(21)18-13-11-17-20(12-13)10-9-19(5-2)6-3/h11-12,14H,4-10,16H2,1-3H3,(H,18,21)/t14-/m0/s1. The average molecular weight is 295 g/mol. The van der Waals surface area contributed by atoms with E-state index in [0.29, 0.717) is 5.69 Å². The molecule has 3 N–H and O–H groups in total. The van der Waals surface area contributed by atoms with Crippen LogP contribution < -0.4 is 11.1 Å². The van der Waals surface area contributed by atoms with Gasteiger partial charge in [-0.3, -0.25) is 9.48 Å². The molecule has 6 nitrogen and oxygen atoms in total. The van der Waals surface area contributed by atoms with Crippen molar-refractivity contribution >= 4 is 11.6 Å². The van der Waals surface area contributed by atoms with Crippen LogP contribution >= 0.6 is 0 Å². The van der Waals surface area contributed by atoms with Crippen LogP contribution in [0.4, 0.5) is 5.69 Å². The van der Waals surface area contributed by atoms with E-state index < -0.39 is 6.04 Å². The van der Waals surface area contributed by atoms with E-state index in [1.165, 1.54) is 0 Å². The first-order valence-electron chi connectivity index (χ1n) is 7.91. The van der Waals surface area contributed by atoms with Crippen LogP contribution in [-0.2, 0) is 11.3 Å². The number of carbonyl (C=O) groups is 1. The number of nitrogens with zero attached hydrogens (tertiary/aromatic N) is 3. The summed E-state index contributed by atoms with van der Waals surface area (Å²) >= 11 is 0. The van der Waals surface area contributed by atoms with Crippen molar-refractivity contribution in [1.29, 1.82) is 0 Å². The third-order valence-electron chi connectivity index (χ3n) is 3.65. The van der Waals surface area contributed by atoms with Gasteiger partial charge in [-0.15, -0.1) is 0 Å². The Morgan fingerprint density at radius 2 is 2.14 bits per heavy atom. The Hall–Kier alpha value is -1.40. The highest BCUT2D eigenvalue weighted by molar-refractivity contribution is 5.94. The zero-order chi connectivity index (χ0) is 15.7. The zero-order valence-electron chi connectivity index (χ0n) is 13.5. The molecule has 0 saturated heterocycles. The number of aromatic nitrogens is 2. The van der Waals surface area contributed by atoms with Crippen molar-refractivity contribution in [3.8, 4) is 0 Å². The first-order chi connectivity index (χ1) is 10.1. The molecule has 0 fully saturated rings. The molecule has 21 heavy (non-hydrogen) atoms. The van der Waals surface area contributed by atoms with E-state index in [1.54, 1.807) is 6.20 Å². The van der Waals surface area contributed by atoms with Crippen LogP contribution in [0, 0.1) is 0 Å². The Labute approximate surface area is 127 Å². The number of nitrogens with one attached hydrogen (secondary N) is 1. The lowest BCUT2D eigenvalue weighted by Crippen LogP contribution is -2.35. The molecule has 0 aliphatic rings. The van der Waals surface area contributed by atoms with Crippen molar-refractivity contribution in [3.63, 3.8) is 0 Å². The molecule has 0 aromatic carbocycles. The second-order valence-electron chi connectivity index (χ2n) is 5.26. The van der Waals surface area contributed by atoms with Gasteiger partial charge in [0.25, 0.3) is 0 Å². The SMILES string of the molecule is CCCC[C@H](N)C(=O)Nc1cnn(CCN(CC)CC)c1. The Morgan fingerprint density at radius 1 is 1.43 bits per heavy atom. The summed E-state index contributed by atoms with van der Waals surface area (Å²) in [6.45, 7) is 10.2. The van der Waals surface area contributed by atoms with Gasteiger partial charge in [0.1, 0.15) is 0 Å². The number of nitrogens with two attached hydrogens (primary N) is 1. The van der Waals surface area contributed by atoms with Gasteiger partial charge in [-0.25, -0.2) is 0 Å². The maximum absolute atomic E-state index is 11.9. The average Bonchev–Trinajstić information content (AvgIpc) is 2.93. The molecule has 0 aliphatic carbocycles. The van der Waals surface area contributed by atoms with Crippen LogP contribution in [0.3, 0.4) is 0 Å². The minimum Gasteiger partial charge on any atom is -0.322 e. The lowest BCUT2D eigenvalue weighted by atomic mass is 10.1. The molecule has 1 heterocycles.